The lowest BCUT2D eigenvalue weighted by Crippen LogP contribution is -2.08. The number of anilines is 1. The molecular formula is C11H21N5. The average Bonchev–Trinajstić information content (AvgIpc) is 2.30. The Hall–Kier alpha value is -1.26. The smallest absolute Gasteiger partial charge is 0.262 e. The topological polar surface area (TPSA) is 63.6 Å². The predicted octanol–water partition coefficient (Wildman–Crippen LogP) is 2.35. The summed E-state index contributed by atoms with van der Waals surface area (Å²) in [5.74, 6) is 1.13. The molecule has 0 saturated carbocycles. The van der Waals surface area contributed by atoms with E-state index in [1.807, 2.05) is 0 Å². The highest BCUT2D eigenvalue weighted by molar-refractivity contribution is 5.18. The standard InChI is InChI=1S/C11H21N5/c1-3-4-5-6-7-8-9-12-11-15-13-10(2)14-16-11/h3-9H2,1-2H3,(H,12,15,16). The molecule has 16 heavy (non-hydrogen) atoms. The first kappa shape index (κ1) is 12.8. The summed E-state index contributed by atoms with van der Waals surface area (Å²) in [6, 6.07) is 0. The van der Waals surface area contributed by atoms with E-state index in [9.17, 15) is 0 Å². The molecule has 0 spiro atoms. The maximum atomic E-state index is 3.89. The SMILES string of the molecule is CCCCCCCCNc1nnc(C)nn1. The Labute approximate surface area is 97.1 Å². The number of unbranched alkanes of at least 4 members (excludes halogenated alkanes) is 5. The number of hydrogen-bond acceptors (Lipinski definition) is 5. The van der Waals surface area contributed by atoms with E-state index in [-0.39, 0.29) is 0 Å². The molecule has 1 aromatic heterocycles. The van der Waals surface area contributed by atoms with Crippen LogP contribution in [0.3, 0.4) is 0 Å². The van der Waals surface area contributed by atoms with Crippen molar-refractivity contribution in [2.45, 2.75) is 52.4 Å². The van der Waals surface area contributed by atoms with Crippen molar-refractivity contribution >= 4 is 5.95 Å². The van der Waals surface area contributed by atoms with Gasteiger partial charge in [0.25, 0.3) is 5.95 Å². The lowest BCUT2D eigenvalue weighted by atomic mass is 10.1. The third-order valence-electron chi connectivity index (χ3n) is 2.39. The first-order valence-electron chi connectivity index (χ1n) is 6.11. The quantitative estimate of drug-likeness (QED) is 0.685. The summed E-state index contributed by atoms with van der Waals surface area (Å²) in [6.07, 6.45) is 7.73. The Morgan fingerprint density at radius 1 is 0.875 bits per heavy atom. The van der Waals surface area contributed by atoms with Crippen LogP contribution in [0.2, 0.25) is 0 Å². The third-order valence-corrected chi connectivity index (χ3v) is 2.39. The van der Waals surface area contributed by atoms with Crippen LogP contribution in [-0.2, 0) is 0 Å². The van der Waals surface area contributed by atoms with Crippen LogP contribution in [0.4, 0.5) is 5.95 Å². The molecule has 5 nitrogen and oxygen atoms in total. The monoisotopic (exact) mass is 223 g/mol. The number of hydrogen-bond donors (Lipinski definition) is 1. The molecule has 0 radical (unpaired) electrons. The zero-order chi connectivity index (χ0) is 11.6. The lowest BCUT2D eigenvalue weighted by Gasteiger charge is -2.03. The molecule has 90 valence electrons. The summed E-state index contributed by atoms with van der Waals surface area (Å²) in [5, 5.41) is 18.6. The molecule has 0 atom stereocenters. The van der Waals surface area contributed by atoms with Crippen LogP contribution >= 0.6 is 0 Å². The summed E-state index contributed by atoms with van der Waals surface area (Å²) >= 11 is 0. The maximum absolute atomic E-state index is 3.89. The summed E-state index contributed by atoms with van der Waals surface area (Å²) in [6.45, 7) is 4.91. The maximum Gasteiger partial charge on any atom is 0.262 e. The van der Waals surface area contributed by atoms with Gasteiger partial charge in [-0.3, -0.25) is 0 Å². The van der Waals surface area contributed by atoms with Gasteiger partial charge in [-0.25, -0.2) is 0 Å². The molecule has 0 unspecified atom stereocenters. The first-order chi connectivity index (χ1) is 7.83. The van der Waals surface area contributed by atoms with Crippen LogP contribution in [0.25, 0.3) is 0 Å². The van der Waals surface area contributed by atoms with Gasteiger partial charge in [0.2, 0.25) is 0 Å². The van der Waals surface area contributed by atoms with Crippen molar-refractivity contribution in [1.29, 1.82) is 0 Å². The second kappa shape index (κ2) is 7.96. The van der Waals surface area contributed by atoms with Gasteiger partial charge >= 0.3 is 0 Å². The number of nitrogens with zero attached hydrogens (tertiary/aromatic N) is 4. The highest BCUT2D eigenvalue weighted by Crippen LogP contribution is 2.04. The molecule has 1 heterocycles. The molecule has 1 N–H and O–H groups in total. The van der Waals surface area contributed by atoms with Gasteiger partial charge < -0.3 is 5.32 Å². The van der Waals surface area contributed by atoms with Crippen LogP contribution in [-0.4, -0.2) is 26.9 Å². The van der Waals surface area contributed by atoms with Gasteiger partial charge in [-0.2, -0.15) is 0 Å². The summed E-state index contributed by atoms with van der Waals surface area (Å²) < 4.78 is 0. The van der Waals surface area contributed by atoms with Crippen LogP contribution in [0.15, 0.2) is 0 Å². The molecule has 0 aliphatic carbocycles. The van der Waals surface area contributed by atoms with Crippen molar-refractivity contribution < 1.29 is 0 Å². The molecule has 0 aliphatic rings. The molecule has 0 aliphatic heterocycles. The first-order valence-corrected chi connectivity index (χ1v) is 6.11. The average molecular weight is 223 g/mol. The van der Waals surface area contributed by atoms with Gasteiger partial charge in [0.1, 0.15) is 0 Å². The second-order valence-corrected chi connectivity index (χ2v) is 3.97. The number of aryl methyl sites for hydroxylation is 1. The van der Waals surface area contributed by atoms with E-state index in [4.69, 9.17) is 0 Å². The second-order valence-electron chi connectivity index (χ2n) is 3.97. The Bertz CT molecular complexity index is 272. The van der Waals surface area contributed by atoms with E-state index in [0.717, 1.165) is 13.0 Å². The summed E-state index contributed by atoms with van der Waals surface area (Å²) in [4.78, 5) is 0. The van der Waals surface area contributed by atoms with E-state index in [1.54, 1.807) is 6.92 Å². The van der Waals surface area contributed by atoms with Gasteiger partial charge in [0.05, 0.1) is 0 Å². The predicted molar refractivity (Wildman–Crippen MR) is 64.2 cm³/mol. The van der Waals surface area contributed by atoms with E-state index in [1.165, 1.54) is 32.1 Å². The van der Waals surface area contributed by atoms with Crippen molar-refractivity contribution in [3.63, 3.8) is 0 Å². The molecule has 0 saturated heterocycles. The Morgan fingerprint density at radius 3 is 2.19 bits per heavy atom. The number of aromatic nitrogens is 4. The normalized spacial score (nSPS) is 10.4. The summed E-state index contributed by atoms with van der Waals surface area (Å²) in [7, 11) is 0. The molecule has 1 aromatic rings. The molecule has 1 rings (SSSR count). The molecule has 0 fully saturated rings. The van der Waals surface area contributed by atoms with Crippen LogP contribution in [0.5, 0.6) is 0 Å². The molecule has 0 bridgehead atoms. The van der Waals surface area contributed by atoms with Crippen molar-refractivity contribution in [3.05, 3.63) is 5.82 Å². The zero-order valence-electron chi connectivity index (χ0n) is 10.2. The van der Waals surface area contributed by atoms with Crippen molar-refractivity contribution in [3.8, 4) is 0 Å². The Balaban J connectivity index is 2.01. The van der Waals surface area contributed by atoms with Crippen molar-refractivity contribution in [1.82, 2.24) is 20.4 Å². The van der Waals surface area contributed by atoms with E-state index in [2.05, 4.69) is 32.6 Å². The molecule has 0 amide bonds. The highest BCUT2D eigenvalue weighted by atomic mass is 15.3. The van der Waals surface area contributed by atoms with Crippen LogP contribution in [0.1, 0.15) is 51.3 Å². The third kappa shape index (κ3) is 5.58. The molecule has 5 heteroatoms. The Morgan fingerprint density at radius 2 is 1.50 bits per heavy atom. The van der Waals surface area contributed by atoms with Gasteiger partial charge in [0.15, 0.2) is 5.82 Å². The van der Waals surface area contributed by atoms with Gasteiger partial charge in [-0.05, 0) is 13.3 Å². The van der Waals surface area contributed by atoms with Crippen LogP contribution < -0.4 is 5.32 Å². The highest BCUT2D eigenvalue weighted by Gasteiger charge is 1.96. The van der Waals surface area contributed by atoms with Crippen LogP contribution in [0, 0.1) is 6.92 Å². The van der Waals surface area contributed by atoms with E-state index >= 15 is 0 Å². The van der Waals surface area contributed by atoms with Crippen molar-refractivity contribution in [2.24, 2.45) is 0 Å². The fourth-order valence-corrected chi connectivity index (χ4v) is 1.46. The lowest BCUT2D eigenvalue weighted by molar-refractivity contribution is 0.615. The fraction of sp³-hybridized carbons (Fsp3) is 0.818. The molecule has 0 aromatic carbocycles. The van der Waals surface area contributed by atoms with Crippen molar-refractivity contribution in [2.75, 3.05) is 11.9 Å². The van der Waals surface area contributed by atoms with Gasteiger partial charge in [-0.15, -0.1) is 20.4 Å². The minimum absolute atomic E-state index is 0.527. The fourth-order valence-electron chi connectivity index (χ4n) is 1.46. The number of rotatable bonds is 8. The largest absolute Gasteiger partial charge is 0.352 e. The molecular weight excluding hydrogens is 202 g/mol. The van der Waals surface area contributed by atoms with E-state index < -0.39 is 0 Å². The minimum Gasteiger partial charge on any atom is -0.352 e. The number of nitrogens with one attached hydrogen (secondary N) is 1. The van der Waals surface area contributed by atoms with Gasteiger partial charge in [0, 0.05) is 6.54 Å². The zero-order valence-corrected chi connectivity index (χ0v) is 10.2. The van der Waals surface area contributed by atoms with E-state index in [0.29, 0.717) is 11.8 Å². The van der Waals surface area contributed by atoms with Gasteiger partial charge in [-0.1, -0.05) is 39.0 Å². The summed E-state index contributed by atoms with van der Waals surface area (Å²) in [5.41, 5.74) is 0. The minimum atomic E-state index is 0.527. The Kier molecular flexibility index (Phi) is 6.37.